The summed E-state index contributed by atoms with van der Waals surface area (Å²) in [5, 5.41) is 3.17. The molecule has 2 aromatic rings. The van der Waals surface area contributed by atoms with Crippen molar-refractivity contribution in [3.05, 3.63) is 59.2 Å². The maximum Gasteiger partial charge on any atom is 0.251 e. The Labute approximate surface area is 172 Å². The largest absolute Gasteiger partial charge is 0.454 e. The third-order valence-electron chi connectivity index (χ3n) is 5.83. The molecule has 3 N–H and O–H groups in total. The summed E-state index contributed by atoms with van der Waals surface area (Å²) in [5.41, 5.74) is 8.50. The predicted molar refractivity (Wildman–Crippen MR) is 111 cm³/mol. The molecule has 1 aliphatic carbocycles. The Morgan fingerprint density at radius 1 is 1.00 bits per heavy atom. The van der Waals surface area contributed by atoms with Crippen LogP contribution in [0.4, 0.5) is 0 Å². The third-order valence-corrected chi connectivity index (χ3v) is 5.83. The normalized spacial score (nSPS) is 16.9. The van der Waals surface area contributed by atoms with Crippen LogP contribution in [0.15, 0.2) is 42.5 Å². The van der Waals surface area contributed by atoms with Crippen molar-refractivity contribution in [2.75, 3.05) is 13.3 Å². The summed E-state index contributed by atoms with van der Waals surface area (Å²) in [6.07, 6.45) is 5.74. The first-order chi connectivity index (χ1) is 13.2. The van der Waals surface area contributed by atoms with Crippen molar-refractivity contribution in [2.24, 2.45) is 5.73 Å². The highest BCUT2D eigenvalue weighted by Crippen LogP contribution is 2.43. The van der Waals surface area contributed by atoms with Crippen LogP contribution in [-0.4, -0.2) is 19.2 Å². The Morgan fingerprint density at radius 3 is 2.43 bits per heavy atom. The van der Waals surface area contributed by atoms with Crippen LogP contribution in [0.3, 0.4) is 0 Å². The molecule has 2 aliphatic rings. The number of benzene rings is 2. The zero-order valence-electron chi connectivity index (χ0n) is 15.9. The van der Waals surface area contributed by atoms with E-state index in [-0.39, 0.29) is 30.5 Å². The number of ether oxygens (including phenoxy) is 2. The number of halogens is 1. The van der Waals surface area contributed by atoms with E-state index in [0.29, 0.717) is 18.7 Å². The van der Waals surface area contributed by atoms with Gasteiger partial charge >= 0.3 is 0 Å². The van der Waals surface area contributed by atoms with Crippen LogP contribution in [0.1, 0.15) is 53.6 Å². The lowest BCUT2D eigenvalue weighted by Crippen LogP contribution is -2.42. The fourth-order valence-electron chi connectivity index (χ4n) is 4.17. The summed E-state index contributed by atoms with van der Waals surface area (Å²) in [6.45, 7) is 1.39. The van der Waals surface area contributed by atoms with Crippen molar-refractivity contribution in [3.63, 3.8) is 0 Å². The molecule has 0 atom stereocenters. The van der Waals surface area contributed by atoms with Gasteiger partial charge in [-0.2, -0.15) is 0 Å². The molecular formula is C22H27ClN2O3. The molecule has 0 saturated heterocycles. The predicted octanol–water partition coefficient (Wildman–Crippen LogP) is 3.93. The maximum absolute atomic E-state index is 12.7. The molecule has 6 heteroatoms. The average molecular weight is 403 g/mol. The molecule has 1 amide bonds. The Bertz CT molecular complexity index is 817. The van der Waals surface area contributed by atoms with E-state index >= 15 is 0 Å². The first kappa shape index (κ1) is 20.5. The lowest BCUT2D eigenvalue weighted by Gasteiger charge is -2.38. The number of nitrogens with one attached hydrogen (secondary N) is 1. The van der Waals surface area contributed by atoms with Gasteiger partial charge in [-0.3, -0.25) is 4.79 Å². The molecule has 1 aliphatic heterocycles. The van der Waals surface area contributed by atoms with Crippen LogP contribution >= 0.6 is 12.4 Å². The molecule has 1 fully saturated rings. The minimum absolute atomic E-state index is 0. The second kappa shape index (κ2) is 8.84. The van der Waals surface area contributed by atoms with Crippen LogP contribution in [0.2, 0.25) is 0 Å². The standard InChI is InChI=1S/C22H26N2O3.ClH/c23-13-16-4-6-17(7-5-16)21(25)24-14-22(10-2-1-3-11-22)18-8-9-19-20(12-18)27-15-26-19;/h4-9,12H,1-3,10-11,13-15,23H2,(H,24,25);1H. The minimum Gasteiger partial charge on any atom is -0.454 e. The highest BCUT2D eigenvalue weighted by molar-refractivity contribution is 5.94. The minimum atomic E-state index is -0.0495. The van der Waals surface area contributed by atoms with E-state index in [0.717, 1.165) is 29.9 Å². The van der Waals surface area contributed by atoms with Gasteiger partial charge in [0.15, 0.2) is 11.5 Å². The summed E-state index contributed by atoms with van der Waals surface area (Å²) >= 11 is 0. The van der Waals surface area contributed by atoms with E-state index in [4.69, 9.17) is 15.2 Å². The monoisotopic (exact) mass is 402 g/mol. The van der Waals surface area contributed by atoms with Crippen molar-refractivity contribution in [1.82, 2.24) is 5.32 Å². The second-order valence-corrected chi connectivity index (χ2v) is 7.49. The molecule has 0 bridgehead atoms. The summed E-state index contributed by atoms with van der Waals surface area (Å²) in [5.74, 6) is 1.57. The van der Waals surface area contributed by atoms with Crippen LogP contribution in [0, 0.1) is 0 Å². The molecule has 0 unspecified atom stereocenters. The topological polar surface area (TPSA) is 73.6 Å². The number of nitrogens with two attached hydrogens (primary N) is 1. The van der Waals surface area contributed by atoms with Crippen LogP contribution in [0.5, 0.6) is 11.5 Å². The molecule has 0 radical (unpaired) electrons. The SMILES string of the molecule is Cl.NCc1ccc(C(=O)NCC2(c3ccc4c(c3)OCO4)CCCCC2)cc1. The lowest BCUT2D eigenvalue weighted by atomic mass is 9.69. The Kier molecular flexibility index (Phi) is 6.47. The van der Waals surface area contributed by atoms with Crippen molar-refractivity contribution in [2.45, 2.75) is 44.1 Å². The molecule has 28 heavy (non-hydrogen) atoms. The van der Waals surface area contributed by atoms with Crippen molar-refractivity contribution >= 4 is 18.3 Å². The highest BCUT2D eigenvalue weighted by atomic mass is 35.5. The van der Waals surface area contributed by atoms with Gasteiger partial charge in [-0.05, 0) is 48.2 Å². The summed E-state index contributed by atoms with van der Waals surface area (Å²) in [6, 6.07) is 13.7. The zero-order chi connectivity index (χ0) is 18.7. The van der Waals surface area contributed by atoms with Gasteiger partial charge in [0.25, 0.3) is 5.91 Å². The van der Waals surface area contributed by atoms with E-state index in [1.54, 1.807) is 0 Å². The molecule has 0 spiro atoms. The Balaban J connectivity index is 0.00000225. The number of fused-ring (bicyclic) bond motifs is 1. The Hall–Kier alpha value is -2.24. The lowest BCUT2D eigenvalue weighted by molar-refractivity contribution is 0.0936. The summed E-state index contributed by atoms with van der Waals surface area (Å²) < 4.78 is 11.0. The first-order valence-corrected chi connectivity index (χ1v) is 9.68. The quantitative estimate of drug-likeness (QED) is 0.794. The van der Waals surface area contributed by atoms with Gasteiger partial charge in [0, 0.05) is 24.1 Å². The summed E-state index contributed by atoms with van der Waals surface area (Å²) in [4.78, 5) is 12.7. The van der Waals surface area contributed by atoms with E-state index in [1.807, 2.05) is 30.3 Å². The third kappa shape index (κ3) is 4.10. The van der Waals surface area contributed by atoms with Gasteiger partial charge in [-0.15, -0.1) is 12.4 Å². The second-order valence-electron chi connectivity index (χ2n) is 7.49. The smallest absolute Gasteiger partial charge is 0.251 e. The van der Waals surface area contributed by atoms with Gasteiger partial charge in [0.05, 0.1) is 0 Å². The van der Waals surface area contributed by atoms with E-state index in [2.05, 4.69) is 17.4 Å². The average Bonchev–Trinajstić information content (AvgIpc) is 3.21. The number of carbonyl (C=O) groups excluding carboxylic acids is 1. The van der Waals surface area contributed by atoms with Crippen molar-refractivity contribution < 1.29 is 14.3 Å². The Morgan fingerprint density at radius 2 is 1.71 bits per heavy atom. The molecule has 1 saturated carbocycles. The molecule has 5 nitrogen and oxygen atoms in total. The van der Waals surface area contributed by atoms with Crippen LogP contribution < -0.4 is 20.5 Å². The molecule has 1 heterocycles. The van der Waals surface area contributed by atoms with E-state index in [9.17, 15) is 4.79 Å². The fraction of sp³-hybridized carbons (Fsp3) is 0.409. The molecule has 4 rings (SSSR count). The number of hydrogen-bond acceptors (Lipinski definition) is 4. The zero-order valence-corrected chi connectivity index (χ0v) is 16.7. The highest BCUT2D eigenvalue weighted by Gasteiger charge is 2.35. The molecular weight excluding hydrogens is 376 g/mol. The van der Waals surface area contributed by atoms with Gasteiger partial charge in [0.2, 0.25) is 6.79 Å². The number of rotatable bonds is 5. The van der Waals surface area contributed by atoms with Crippen molar-refractivity contribution in [3.8, 4) is 11.5 Å². The fourth-order valence-corrected chi connectivity index (χ4v) is 4.17. The van der Waals surface area contributed by atoms with Crippen molar-refractivity contribution in [1.29, 1.82) is 0 Å². The number of amides is 1. The maximum atomic E-state index is 12.7. The van der Waals surface area contributed by atoms with Gasteiger partial charge in [-0.1, -0.05) is 37.5 Å². The molecule has 150 valence electrons. The van der Waals surface area contributed by atoms with E-state index in [1.165, 1.54) is 24.8 Å². The van der Waals surface area contributed by atoms with Crippen LogP contribution in [-0.2, 0) is 12.0 Å². The van der Waals surface area contributed by atoms with Gasteiger partial charge in [0.1, 0.15) is 0 Å². The van der Waals surface area contributed by atoms with E-state index < -0.39 is 0 Å². The van der Waals surface area contributed by atoms with Gasteiger partial charge in [-0.25, -0.2) is 0 Å². The number of hydrogen-bond donors (Lipinski definition) is 2. The molecule has 0 aromatic heterocycles. The van der Waals surface area contributed by atoms with Crippen LogP contribution in [0.25, 0.3) is 0 Å². The number of carbonyl (C=O) groups is 1. The molecule has 2 aromatic carbocycles. The first-order valence-electron chi connectivity index (χ1n) is 9.68. The van der Waals surface area contributed by atoms with Gasteiger partial charge < -0.3 is 20.5 Å². The summed E-state index contributed by atoms with van der Waals surface area (Å²) in [7, 11) is 0.